The van der Waals surface area contributed by atoms with Gasteiger partial charge in [-0.2, -0.15) is 0 Å². The average Bonchev–Trinajstić information content (AvgIpc) is 2.72. The van der Waals surface area contributed by atoms with Crippen molar-refractivity contribution in [1.29, 1.82) is 0 Å². The van der Waals surface area contributed by atoms with E-state index in [-0.39, 0.29) is 26.4 Å². The molecule has 30 heavy (non-hydrogen) atoms. The maximum absolute atomic E-state index is 11.1. The van der Waals surface area contributed by atoms with Crippen LogP contribution in [-0.2, 0) is 25.4 Å². The van der Waals surface area contributed by atoms with Gasteiger partial charge in [-0.15, -0.1) is 0 Å². The summed E-state index contributed by atoms with van der Waals surface area (Å²) in [4.78, 5) is 0. The molecule has 0 aliphatic rings. The quantitative estimate of drug-likeness (QED) is 0.250. The molecule has 0 aromatic heterocycles. The fraction of sp³-hybridized carbons (Fsp3) is 0.750. The van der Waals surface area contributed by atoms with Gasteiger partial charge in [0.05, 0.1) is 13.2 Å². The van der Waals surface area contributed by atoms with Gasteiger partial charge in [0.25, 0.3) is 0 Å². The minimum atomic E-state index is -2.21. The summed E-state index contributed by atoms with van der Waals surface area (Å²) in [5.41, 5.74) is 1.25. The summed E-state index contributed by atoms with van der Waals surface area (Å²) < 4.78 is 28.5. The first-order chi connectivity index (χ1) is 14.5. The predicted molar refractivity (Wildman–Crippen MR) is 118 cm³/mol. The Kier molecular flexibility index (Phi) is 13.2. The Balaban J connectivity index is 2.88. The SMILES string of the molecule is CCCCCCCCc1ccc(OC(OCC)(OCC)C(O)(OCC)OCC)cc1. The minimum absolute atomic E-state index is 0.193. The lowest BCUT2D eigenvalue weighted by Crippen LogP contribution is -2.64. The molecule has 0 atom stereocenters. The third-order valence-corrected chi connectivity index (χ3v) is 4.73. The van der Waals surface area contributed by atoms with E-state index in [0.29, 0.717) is 5.75 Å². The predicted octanol–water partition coefficient (Wildman–Crippen LogP) is 5.41. The van der Waals surface area contributed by atoms with Crippen molar-refractivity contribution < 1.29 is 28.8 Å². The van der Waals surface area contributed by atoms with E-state index in [2.05, 4.69) is 6.92 Å². The molecule has 0 fully saturated rings. The maximum atomic E-state index is 11.1. The molecule has 6 heteroatoms. The van der Waals surface area contributed by atoms with Crippen LogP contribution >= 0.6 is 0 Å². The van der Waals surface area contributed by atoms with Crippen molar-refractivity contribution >= 4 is 0 Å². The molecule has 0 heterocycles. The topological polar surface area (TPSA) is 66.4 Å². The second-order valence-corrected chi connectivity index (χ2v) is 7.13. The molecule has 0 unspecified atom stereocenters. The normalized spacial score (nSPS) is 12.3. The molecule has 0 bridgehead atoms. The van der Waals surface area contributed by atoms with E-state index in [1.165, 1.54) is 44.1 Å². The first-order valence-electron chi connectivity index (χ1n) is 11.6. The molecule has 174 valence electrons. The third-order valence-electron chi connectivity index (χ3n) is 4.73. The molecule has 1 aromatic rings. The maximum Gasteiger partial charge on any atom is 0.414 e. The van der Waals surface area contributed by atoms with Gasteiger partial charge in [-0.25, -0.2) is 0 Å². The van der Waals surface area contributed by atoms with Gasteiger partial charge in [0.15, 0.2) is 0 Å². The van der Waals surface area contributed by atoms with Crippen LogP contribution in [0, 0.1) is 0 Å². The van der Waals surface area contributed by atoms with Crippen LogP contribution in [0.25, 0.3) is 0 Å². The van der Waals surface area contributed by atoms with E-state index in [1.807, 2.05) is 24.3 Å². The van der Waals surface area contributed by atoms with Crippen molar-refractivity contribution in [3.05, 3.63) is 29.8 Å². The Morgan fingerprint density at radius 3 is 1.67 bits per heavy atom. The molecule has 0 spiro atoms. The molecular formula is C24H42O6. The minimum Gasteiger partial charge on any atom is -0.433 e. The molecule has 0 amide bonds. The Morgan fingerprint density at radius 1 is 0.667 bits per heavy atom. The largest absolute Gasteiger partial charge is 0.433 e. The van der Waals surface area contributed by atoms with E-state index in [1.54, 1.807) is 27.7 Å². The van der Waals surface area contributed by atoms with Crippen LogP contribution in [0.4, 0.5) is 0 Å². The van der Waals surface area contributed by atoms with Crippen molar-refractivity contribution in [2.75, 3.05) is 26.4 Å². The molecule has 0 saturated carbocycles. The molecule has 1 aromatic carbocycles. The first kappa shape index (κ1) is 26.9. The van der Waals surface area contributed by atoms with Crippen LogP contribution < -0.4 is 4.74 Å². The molecule has 1 rings (SSSR count). The summed E-state index contributed by atoms with van der Waals surface area (Å²) in [5, 5.41) is 11.1. The van der Waals surface area contributed by atoms with Gasteiger partial charge >= 0.3 is 11.9 Å². The molecule has 6 nitrogen and oxygen atoms in total. The van der Waals surface area contributed by atoms with Crippen molar-refractivity contribution in [1.82, 2.24) is 0 Å². The Labute approximate surface area is 182 Å². The van der Waals surface area contributed by atoms with Gasteiger partial charge in [0.2, 0.25) is 0 Å². The van der Waals surface area contributed by atoms with Gasteiger partial charge < -0.3 is 28.8 Å². The summed E-state index contributed by atoms with van der Waals surface area (Å²) in [5.74, 6) is -3.65. The monoisotopic (exact) mass is 426 g/mol. The van der Waals surface area contributed by atoms with Crippen LogP contribution in [0.15, 0.2) is 24.3 Å². The Bertz CT molecular complexity index is 533. The second-order valence-electron chi connectivity index (χ2n) is 7.13. The van der Waals surface area contributed by atoms with E-state index >= 15 is 0 Å². The zero-order chi connectivity index (χ0) is 22.3. The molecule has 0 aliphatic carbocycles. The number of unbranched alkanes of at least 4 members (excludes halogenated alkanes) is 5. The first-order valence-corrected chi connectivity index (χ1v) is 11.6. The van der Waals surface area contributed by atoms with Gasteiger partial charge in [-0.3, -0.25) is 0 Å². The number of hydrogen-bond acceptors (Lipinski definition) is 6. The lowest BCUT2D eigenvalue weighted by atomic mass is 10.0. The van der Waals surface area contributed by atoms with Crippen LogP contribution in [0.1, 0.15) is 78.7 Å². The zero-order valence-electron chi connectivity index (χ0n) is 19.6. The van der Waals surface area contributed by atoms with Gasteiger partial charge in [-0.1, -0.05) is 51.2 Å². The van der Waals surface area contributed by atoms with E-state index in [9.17, 15) is 5.11 Å². The lowest BCUT2D eigenvalue weighted by Gasteiger charge is -2.42. The summed E-state index contributed by atoms with van der Waals surface area (Å²) in [6, 6.07) is 7.78. The van der Waals surface area contributed by atoms with Crippen molar-refractivity contribution in [3.63, 3.8) is 0 Å². The highest BCUT2D eigenvalue weighted by atomic mass is 17.0. The highest BCUT2D eigenvalue weighted by Crippen LogP contribution is 2.34. The summed E-state index contributed by atoms with van der Waals surface area (Å²) in [6.07, 6.45) is 8.69. The van der Waals surface area contributed by atoms with E-state index in [0.717, 1.165) is 6.42 Å². The molecule has 1 N–H and O–H groups in total. The third kappa shape index (κ3) is 8.16. The van der Waals surface area contributed by atoms with Crippen LogP contribution in [0.5, 0.6) is 5.75 Å². The number of aliphatic hydroxyl groups is 1. The highest BCUT2D eigenvalue weighted by molar-refractivity contribution is 5.27. The Hall–Kier alpha value is -1.18. The van der Waals surface area contributed by atoms with Crippen LogP contribution in [0.3, 0.4) is 0 Å². The number of rotatable bonds is 18. The number of benzene rings is 1. The summed E-state index contributed by atoms with van der Waals surface area (Å²) in [6.45, 7) is 10.2. The zero-order valence-corrected chi connectivity index (χ0v) is 19.6. The summed E-state index contributed by atoms with van der Waals surface area (Å²) >= 11 is 0. The van der Waals surface area contributed by atoms with Gasteiger partial charge in [-0.05, 0) is 58.2 Å². The number of ether oxygens (including phenoxy) is 5. The van der Waals surface area contributed by atoms with Crippen molar-refractivity contribution in [2.24, 2.45) is 0 Å². The Morgan fingerprint density at radius 2 is 1.17 bits per heavy atom. The van der Waals surface area contributed by atoms with Crippen LogP contribution in [-0.4, -0.2) is 43.5 Å². The van der Waals surface area contributed by atoms with E-state index < -0.39 is 11.9 Å². The molecule has 0 radical (unpaired) electrons. The lowest BCUT2D eigenvalue weighted by molar-refractivity contribution is -0.535. The van der Waals surface area contributed by atoms with Crippen LogP contribution in [0.2, 0.25) is 0 Å². The van der Waals surface area contributed by atoms with Gasteiger partial charge in [0.1, 0.15) is 5.75 Å². The second kappa shape index (κ2) is 14.8. The van der Waals surface area contributed by atoms with Gasteiger partial charge in [0, 0.05) is 13.2 Å². The molecule has 0 aliphatic heterocycles. The average molecular weight is 427 g/mol. The van der Waals surface area contributed by atoms with Crippen molar-refractivity contribution in [3.8, 4) is 5.75 Å². The smallest absolute Gasteiger partial charge is 0.414 e. The standard InChI is InChI=1S/C24H42O6/c1-6-11-12-13-14-15-16-21-17-19-22(20-18-21)30-24(28-9-4,29-10-5)23(25,26-7-2)27-8-3/h17-20,25H,6-16H2,1-5H3. The number of hydrogen-bond donors (Lipinski definition) is 1. The fourth-order valence-corrected chi connectivity index (χ4v) is 3.33. The fourth-order valence-electron chi connectivity index (χ4n) is 3.33. The van der Waals surface area contributed by atoms with E-state index in [4.69, 9.17) is 23.7 Å². The summed E-state index contributed by atoms with van der Waals surface area (Å²) in [7, 11) is 0. The van der Waals surface area contributed by atoms with Crippen molar-refractivity contribution in [2.45, 2.75) is 91.5 Å². The number of aryl methyl sites for hydroxylation is 1. The molecular weight excluding hydrogens is 384 g/mol. The highest BCUT2D eigenvalue weighted by Gasteiger charge is 2.60. The molecule has 0 saturated heterocycles.